The number of piperidine rings is 1. The van der Waals surface area contributed by atoms with Gasteiger partial charge in [-0.1, -0.05) is 18.2 Å². The summed E-state index contributed by atoms with van der Waals surface area (Å²) in [5, 5.41) is 14.4. The molecule has 1 aromatic heterocycles. The summed E-state index contributed by atoms with van der Waals surface area (Å²) in [4.78, 5) is 41.0. The molecule has 2 fully saturated rings. The van der Waals surface area contributed by atoms with E-state index in [1.807, 2.05) is 38.1 Å². The van der Waals surface area contributed by atoms with E-state index in [4.69, 9.17) is 0 Å². The average Bonchev–Trinajstić information content (AvgIpc) is 3.00. The number of carbonyl (C=O) groups is 2. The second kappa shape index (κ2) is 9.65. The molecular weight excluding hydrogens is 420 g/mol. The fourth-order valence-corrected chi connectivity index (χ4v) is 5.59. The average molecular weight is 455 g/mol. The first-order valence-electron chi connectivity index (χ1n) is 11.8. The van der Waals surface area contributed by atoms with Crippen molar-refractivity contribution in [3.8, 4) is 0 Å². The van der Waals surface area contributed by atoms with Crippen molar-refractivity contribution >= 4 is 23.2 Å². The molecule has 0 aliphatic carbocycles. The highest BCUT2D eigenvalue weighted by Gasteiger charge is 2.41. The third-order valence-corrected chi connectivity index (χ3v) is 7.03. The molecule has 2 bridgehead atoms. The number of aliphatic hydroxyl groups is 1. The van der Waals surface area contributed by atoms with Crippen LogP contribution in [0, 0.1) is 0 Å². The number of aliphatic hydroxyl groups excluding tert-OH is 1. The summed E-state index contributed by atoms with van der Waals surface area (Å²) in [5.41, 5.74) is 0.757. The summed E-state index contributed by atoms with van der Waals surface area (Å²) in [7, 11) is 1.66. The maximum absolute atomic E-state index is 13.2. The molecule has 3 heterocycles. The van der Waals surface area contributed by atoms with Crippen molar-refractivity contribution in [3.05, 3.63) is 46.2 Å². The molecule has 33 heavy (non-hydrogen) atoms. The number of fused-ring (bicyclic) bond motifs is 3. The summed E-state index contributed by atoms with van der Waals surface area (Å²) < 4.78 is 1.69. The van der Waals surface area contributed by atoms with E-state index >= 15 is 0 Å². The zero-order chi connectivity index (χ0) is 23.7. The normalized spacial score (nSPS) is 23.6. The molecule has 0 spiro atoms. The van der Waals surface area contributed by atoms with E-state index < -0.39 is 6.10 Å². The SMILES string of the molecule is CC(C)n1c(=O)c(C(=O)NC2C[C@@H]3CC[C@@H](C2)N3C[C@@H](O)CN(C)C=O)cc2ccccc21. The Balaban J connectivity index is 1.47. The van der Waals surface area contributed by atoms with Crippen LogP contribution in [0.2, 0.25) is 0 Å². The van der Waals surface area contributed by atoms with E-state index in [1.165, 1.54) is 4.90 Å². The number of aromatic nitrogens is 1. The molecule has 1 aromatic carbocycles. The maximum atomic E-state index is 13.2. The topological polar surface area (TPSA) is 94.9 Å². The molecule has 2 saturated heterocycles. The number of pyridine rings is 1. The Bertz CT molecular complexity index is 1070. The lowest BCUT2D eigenvalue weighted by Crippen LogP contribution is -2.53. The van der Waals surface area contributed by atoms with Gasteiger partial charge in [0, 0.05) is 44.3 Å². The van der Waals surface area contributed by atoms with Crippen LogP contribution in [0.3, 0.4) is 0 Å². The molecule has 178 valence electrons. The lowest BCUT2D eigenvalue weighted by atomic mass is 9.96. The number of para-hydroxylation sites is 1. The van der Waals surface area contributed by atoms with Gasteiger partial charge in [0.25, 0.3) is 11.5 Å². The monoisotopic (exact) mass is 454 g/mol. The Labute approximate surface area is 194 Å². The number of hydrogen-bond acceptors (Lipinski definition) is 5. The first-order valence-corrected chi connectivity index (χ1v) is 11.8. The van der Waals surface area contributed by atoms with Crippen LogP contribution >= 0.6 is 0 Å². The maximum Gasteiger partial charge on any atom is 0.264 e. The molecule has 3 atom stereocenters. The van der Waals surface area contributed by atoms with Gasteiger partial charge in [-0.25, -0.2) is 0 Å². The minimum Gasteiger partial charge on any atom is -0.390 e. The quantitative estimate of drug-likeness (QED) is 0.593. The van der Waals surface area contributed by atoms with Gasteiger partial charge in [-0.05, 0) is 57.0 Å². The number of nitrogens with one attached hydrogen (secondary N) is 1. The lowest BCUT2D eigenvalue weighted by Gasteiger charge is -2.40. The van der Waals surface area contributed by atoms with Gasteiger partial charge >= 0.3 is 0 Å². The number of amides is 2. The van der Waals surface area contributed by atoms with Crippen molar-refractivity contribution in [3.63, 3.8) is 0 Å². The van der Waals surface area contributed by atoms with Crippen LogP contribution in [0.25, 0.3) is 10.9 Å². The minimum absolute atomic E-state index is 0.000545. The zero-order valence-corrected chi connectivity index (χ0v) is 19.6. The predicted molar refractivity (Wildman–Crippen MR) is 127 cm³/mol. The van der Waals surface area contributed by atoms with E-state index in [9.17, 15) is 19.5 Å². The van der Waals surface area contributed by atoms with E-state index in [-0.39, 0.29) is 41.2 Å². The predicted octanol–water partition coefficient (Wildman–Crippen LogP) is 1.76. The van der Waals surface area contributed by atoms with Crippen molar-refractivity contribution in [1.29, 1.82) is 0 Å². The smallest absolute Gasteiger partial charge is 0.264 e. The van der Waals surface area contributed by atoms with E-state index in [1.54, 1.807) is 17.7 Å². The van der Waals surface area contributed by atoms with Crippen LogP contribution in [0.5, 0.6) is 0 Å². The van der Waals surface area contributed by atoms with Gasteiger partial charge in [-0.15, -0.1) is 0 Å². The standard InChI is InChI=1S/C25H34N4O4/c1-16(2)29-23-7-5-4-6-17(23)10-22(25(29)33)24(32)26-18-11-19-8-9-20(12-18)28(19)14-21(31)13-27(3)15-30/h4-7,10,15-16,18-21,31H,8-9,11-14H2,1-3H3,(H,26,32)/t19-,20-,21-/m0/s1. The summed E-state index contributed by atoms with van der Waals surface area (Å²) >= 11 is 0. The number of likely N-dealkylation sites (N-methyl/N-ethyl adjacent to an activating group) is 1. The van der Waals surface area contributed by atoms with Gasteiger partial charge in [0.15, 0.2) is 0 Å². The summed E-state index contributed by atoms with van der Waals surface area (Å²) in [6, 6.07) is 9.87. The third kappa shape index (κ3) is 4.82. The summed E-state index contributed by atoms with van der Waals surface area (Å²) in [6.45, 7) is 4.73. The van der Waals surface area contributed by atoms with Crippen molar-refractivity contribution in [1.82, 2.24) is 19.7 Å². The van der Waals surface area contributed by atoms with Gasteiger partial charge in [0.05, 0.1) is 11.6 Å². The van der Waals surface area contributed by atoms with E-state index in [2.05, 4.69) is 10.2 Å². The molecule has 0 radical (unpaired) electrons. The molecule has 4 rings (SSSR count). The fraction of sp³-hybridized carbons (Fsp3) is 0.560. The van der Waals surface area contributed by atoms with Crippen LogP contribution in [0.1, 0.15) is 55.9 Å². The molecule has 8 nitrogen and oxygen atoms in total. The molecular formula is C25H34N4O4. The number of benzene rings is 1. The first-order chi connectivity index (χ1) is 15.8. The fourth-order valence-electron chi connectivity index (χ4n) is 5.59. The van der Waals surface area contributed by atoms with Crippen LogP contribution in [-0.4, -0.2) is 76.2 Å². The Morgan fingerprint density at radius 1 is 1.24 bits per heavy atom. The second-order valence-corrected chi connectivity index (χ2v) is 9.81. The highest BCUT2D eigenvalue weighted by Crippen LogP contribution is 2.36. The summed E-state index contributed by atoms with van der Waals surface area (Å²) in [5.74, 6) is -0.314. The highest BCUT2D eigenvalue weighted by atomic mass is 16.3. The molecule has 2 aliphatic heterocycles. The molecule has 0 unspecified atom stereocenters. The van der Waals surface area contributed by atoms with Crippen molar-refractivity contribution in [2.24, 2.45) is 0 Å². The van der Waals surface area contributed by atoms with Crippen molar-refractivity contribution in [2.45, 2.75) is 69.8 Å². The molecule has 2 amide bonds. The third-order valence-electron chi connectivity index (χ3n) is 7.03. The number of carbonyl (C=O) groups excluding carboxylic acids is 2. The zero-order valence-electron chi connectivity index (χ0n) is 19.6. The van der Waals surface area contributed by atoms with Crippen LogP contribution in [0.4, 0.5) is 0 Å². The summed E-state index contributed by atoms with van der Waals surface area (Å²) in [6.07, 6.45) is 3.78. The molecule has 0 saturated carbocycles. The van der Waals surface area contributed by atoms with Crippen molar-refractivity contribution < 1.29 is 14.7 Å². The molecule has 2 N–H and O–H groups in total. The Morgan fingerprint density at radius 3 is 2.55 bits per heavy atom. The minimum atomic E-state index is -0.596. The number of nitrogens with zero attached hydrogens (tertiary/aromatic N) is 3. The van der Waals surface area contributed by atoms with Gasteiger partial charge in [-0.2, -0.15) is 0 Å². The number of hydrogen-bond donors (Lipinski definition) is 2. The highest BCUT2D eigenvalue weighted by molar-refractivity contribution is 5.97. The van der Waals surface area contributed by atoms with Gasteiger partial charge in [0.1, 0.15) is 5.56 Å². The molecule has 8 heteroatoms. The van der Waals surface area contributed by atoms with Crippen LogP contribution in [-0.2, 0) is 4.79 Å². The van der Waals surface area contributed by atoms with E-state index in [0.29, 0.717) is 13.1 Å². The van der Waals surface area contributed by atoms with E-state index in [0.717, 1.165) is 43.0 Å². The largest absolute Gasteiger partial charge is 0.390 e. The van der Waals surface area contributed by atoms with Gasteiger partial charge < -0.3 is 19.9 Å². The van der Waals surface area contributed by atoms with Crippen LogP contribution < -0.4 is 10.9 Å². The second-order valence-electron chi connectivity index (χ2n) is 9.81. The first kappa shape index (κ1) is 23.4. The van der Waals surface area contributed by atoms with Crippen LogP contribution in [0.15, 0.2) is 35.1 Å². The lowest BCUT2D eigenvalue weighted by molar-refractivity contribution is -0.118. The van der Waals surface area contributed by atoms with Gasteiger partial charge in [-0.3, -0.25) is 19.3 Å². The van der Waals surface area contributed by atoms with Crippen molar-refractivity contribution in [2.75, 3.05) is 20.1 Å². The molecule has 2 aromatic rings. The number of rotatable bonds is 8. The van der Waals surface area contributed by atoms with Gasteiger partial charge in [0.2, 0.25) is 6.41 Å². The molecule has 2 aliphatic rings. The Kier molecular flexibility index (Phi) is 6.86. The Morgan fingerprint density at radius 2 is 1.91 bits per heavy atom. The Hall–Kier alpha value is -2.71.